The molecule has 13 heteroatoms. The highest BCUT2D eigenvalue weighted by molar-refractivity contribution is 5.90. The number of rotatable bonds is 8. The second-order valence-corrected chi connectivity index (χ2v) is 11.8. The highest BCUT2D eigenvalue weighted by atomic mass is 16.5. The van der Waals surface area contributed by atoms with E-state index in [0.29, 0.717) is 60.8 Å². The van der Waals surface area contributed by atoms with Gasteiger partial charge in [0.2, 0.25) is 11.8 Å². The number of carbonyl (C=O) groups is 1. The lowest BCUT2D eigenvalue weighted by atomic mass is 10.1. The molecular weight excluding hydrogens is 584 g/mol. The van der Waals surface area contributed by atoms with E-state index in [2.05, 4.69) is 53.5 Å². The van der Waals surface area contributed by atoms with Crippen LogP contribution in [0.1, 0.15) is 34.8 Å². The Morgan fingerprint density at radius 3 is 2.48 bits per heavy atom. The van der Waals surface area contributed by atoms with E-state index >= 15 is 0 Å². The molecule has 0 radical (unpaired) electrons. The van der Waals surface area contributed by atoms with Crippen LogP contribution in [0.4, 0.5) is 17.3 Å². The molecule has 13 nitrogen and oxygen atoms in total. The zero-order chi connectivity index (χ0) is 31.5. The summed E-state index contributed by atoms with van der Waals surface area (Å²) in [5.74, 6) is 1.59. The number of nitrogens with zero attached hydrogens (tertiary/aromatic N) is 8. The molecule has 236 valence electrons. The second kappa shape index (κ2) is 13.1. The van der Waals surface area contributed by atoms with Crippen LogP contribution < -0.4 is 15.0 Å². The van der Waals surface area contributed by atoms with Gasteiger partial charge in [0.1, 0.15) is 23.7 Å². The predicted molar refractivity (Wildman–Crippen MR) is 171 cm³/mol. The number of carbonyl (C=O) groups excluding carboxylic acids is 1. The molecular formula is C33H36N10O3. The van der Waals surface area contributed by atoms with Gasteiger partial charge in [-0.25, -0.2) is 15.0 Å². The summed E-state index contributed by atoms with van der Waals surface area (Å²) >= 11 is 0. The standard InChI is InChI=1S/C33H36N10O3/c1-22-36-31(40-39-22)32(44)43-12-9-28(10-13-43)46-30-7-2-23(18-24(30)19-34)29-8-11-35-33(38-29)37-25-3-5-26(6-4-25)41-14-16-42(17-15-41)27-20-45-21-27/h2-8,11,18,27-28H,9-10,12-17,20-21H2,1H3,(H,35,37,38)(H,36,39,40). The number of piperazine rings is 1. The summed E-state index contributed by atoms with van der Waals surface area (Å²) in [5.41, 5.74) is 4.02. The largest absolute Gasteiger partial charge is 0.489 e. The molecule has 3 fully saturated rings. The average molecular weight is 621 g/mol. The summed E-state index contributed by atoms with van der Waals surface area (Å²) in [6.45, 7) is 8.68. The number of nitriles is 1. The van der Waals surface area contributed by atoms with Crippen LogP contribution in [0, 0.1) is 18.3 Å². The van der Waals surface area contributed by atoms with Crippen molar-refractivity contribution in [2.75, 3.05) is 62.7 Å². The fourth-order valence-corrected chi connectivity index (χ4v) is 6.06. The Balaban J connectivity index is 0.950. The van der Waals surface area contributed by atoms with Crippen molar-refractivity contribution in [2.24, 2.45) is 0 Å². The molecule has 0 aliphatic carbocycles. The lowest BCUT2D eigenvalue weighted by Crippen LogP contribution is -2.56. The molecule has 2 aromatic heterocycles. The molecule has 3 saturated heterocycles. The van der Waals surface area contributed by atoms with E-state index in [1.54, 1.807) is 24.1 Å². The molecule has 0 saturated carbocycles. The number of hydrogen-bond acceptors (Lipinski definition) is 11. The fraction of sp³-hybridized carbons (Fsp3) is 0.394. The third-order valence-corrected chi connectivity index (χ3v) is 8.80. The number of aromatic amines is 1. The maximum Gasteiger partial charge on any atom is 0.293 e. The molecule has 5 heterocycles. The van der Waals surface area contributed by atoms with Gasteiger partial charge in [-0.05, 0) is 55.5 Å². The van der Waals surface area contributed by atoms with Crippen LogP contribution in [0.5, 0.6) is 5.75 Å². The number of likely N-dealkylation sites (tertiary alicyclic amines) is 1. The normalized spacial score (nSPS) is 17.7. The first-order chi connectivity index (χ1) is 22.5. The predicted octanol–water partition coefficient (Wildman–Crippen LogP) is 3.39. The quantitative estimate of drug-likeness (QED) is 0.299. The van der Waals surface area contributed by atoms with Crippen LogP contribution in [0.2, 0.25) is 0 Å². The van der Waals surface area contributed by atoms with Gasteiger partial charge in [-0.1, -0.05) is 0 Å². The van der Waals surface area contributed by atoms with Crippen LogP contribution in [-0.4, -0.2) is 105 Å². The van der Waals surface area contributed by atoms with Crippen LogP contribution in [0.15, 0.2) is 54.7 Å². The molecule has 46 heavy (non-hydrogen) atoms. The van der Waals surface area contributed by atoms with Crippen molar-refractivity contribution in [3.63, 3.8) is 0 Å². The minimum atomic E-state index is -0.190. The van der Waals surface area contributed by atoms with Gasteiger partial charge in [0.25, 0.3) is 5.91 Å². The van der Waals surface area contributed by atoms with Crippen LogP contribution in [0.3, 0.4) is 0 Å². The van der Waals surface area contributed by atoms with Crippen molar-refractivity contribution in [3.05, 3.63) is 71.9 Å². The van der Waals surface area contributed by atoms with Gasteiger partial charge in [-0.2, -0.15) is 5.26 Å². The highest BCUT2D eigenvalue weighted by Crippen LogP contribution is 2.29. The molecule has 3 aliphatic rings. The Hall–Kier alpha value is -5.06. The van der Waals surface area contributed by atoms with Crippen molar-refractivity contribution in [1.82, 2.24) is 34.9 Å². The molecule has 1 amide bonds. The number of ether oxygens (including phenoxy) is 2. The van der Waals surface area contributed by atoms with Gasteiger partial charge < -0.3 is 24.6 Å². The van der Waals surface area contributed by atoms with Crippen LogP contribution in [-0.2, 0) is 4.74 Å². The topological polar surface area (TPSA) is 148 Å². The molecule has 0 atom stereocenters. The third-order valence-electron chi connectivity index (χ3n) is 8.80. The van der Waals surface area contributed by atoms with Crippen LogP contribution >= 0.6 is 0 Å². The summed E-state index contributed by atoms with van der Waals surface area (Å²) in [6, 6.07) is 18.5. The molecule has 2 aromatic carbocycles. The van der Waals surface area contributed by atoms with Crippen molar-refractivity contribution in [3.8, 4) is 23.1 Å². The van der Waals surface area contributed by atoms with Gasteiger partial charge in [0.05, 0.1) is 30.5 Å². The number of amides is 1. The second-order valence-electron chi connectivity index (χ2n) is 11.8. The molecule has 0 bridgehead atoms. The smallest absolute Gasteiger partial charge is 0.293 e. The minimum absolute atomic E-state index is 0.107. The molecule has 2 N–H and O–H groups in total. The fourth-order valence-electron chi connectivity index (χ4n) is 6.06. The Bertz CT molecular complexity index is 1720. The Morgan fingerprint density at radius 1 is 1.02 bits per heavy atom. The first-order valence-electron chi connectivity index (χ1n) is 15.7. The van der Waals surface area contributed by atoms with Crippen molar-refractivity contribution < 1.29 is 14.3 Å². The number of anilines is 3. The van der Waals surface area contributed by atoms with Gasteiger partial charge in [0.15, 0.2) is 0 Å². The number of aromatic nitrogens is 5. The summed E-state index contributed by atoms with van der Waals surface area (Å²) < 4.78 is 11.6. The van der Waals surface area contributed by atoms with E-state index in [9.17, 15) is 10.1 Å². The zero-order valence-electron chi connectivity index (χ0n) is 25.7. The van der Waals surface area contributed by atoms with Crippen molar-refractivity contribution >= 4 is 23.2 Å². The first kappa shape index (κ1) is 29.6. The maximum atomic E-state index is 12.7. The van der Waals surface area contributed by atoms with E-state index in [1.807, 2.05) is 30.3 Å². The summed E-state index contributed by atoms with van der Waals surface area (Å²) in [7, 11) is 0. The lowest BCUT2D eigenvalue weighted by Gasteiger charge is -2.43. The Labute approximate surface area is 267 Å². The molecule has 7 rings (SSSR count). The number of hydrogen-bond donors (Lipinski definition) is 2. The molecule has 0 spiro atoms. The highest BCUT2D eigenvalue weighted by Gasteiger charge is 2.29. The van der Waals surface area contributed by atoms with E-state index in [0.717, 1.165) is 50.6 Å². The molecule has 4 aromatic rings. The lowest BCUT2D eigenvalue weighted by molar-refractivity contribution is -0.0660. The zero-order valence-corrected chi connectivity index (χ0v) is 25.7. The Morgan fingerprint density at radius 2 is 1.80 bits per heavy atom. The number of benzene rings is 2. The minimum Gasteiger partial charge on any atom is -0.489 e. The van der Waals surface area contributed by atoms with Crippen molar-refractivity contribution in [2.45, 2.75) is 31.9 Å². The van der Waals surface area contributed by atoms with E-state index in [-0.39, 0.29) is 17.8 Å². The summed E-state index contributed by atoms with van der Waals surface area (Å²) in [6.07, 6.45) is 2.90. The summed E-state index contributed by atoms with van der Waals surface area (Å²) in [5, 5.41) is 19.9. The van der Waals surface area contributed by atoms with Crippen LogP contribution in [0.25, 0.3) is 11.3 Å². The Kier molecular flexibility index (Phi) is 8.45. The van der Waals surface area contributed by atoms with E-state index < -0.39 is 0 Å². The third kappa shape index (κ3) is 6.49. The van der Waals surface area contributed by atoms with E-state index in [1.165, 1.54) is 5.69 Å². The molecule has 0 unspecified atom stereocenters. The van der Waals surface area contributed by atoms with Gasteiger partial charge in [0, 0.05) is 75.2 Å². The monoisotopic (exact) mass is 620 g/mol. The number of H-pyrrole nitrogens is 1. The average Bonchev–Trinajstić information content (AvgIpc) is 3.51. The number of nitrogens with one attached hydrogen (secondary N) is 2. The summed E-state index contributed by atoms with van der Waals surface area (Å²) in [4.78, 5) is 32.6. The molecule has 3 aliphatic heterocycles. The van der Waals surface area contributed by atoms with Crippen molar-refractivity contribution in [1.29, 1.82) is 5.26 Å². The first-order valence-corrected chi connectivity index (χ1v) is 15.7. The number of piperidine rings is 1. The number of aryl methyl sites for hydroxylation is 1. The maximum absolute atomic E-state index is 12.7. The van der Waals surface area contributed by atoms with Gasteiger partial charge >= 0.3 is 0 Å². The van der Waals surface area contributed by atoms with E-state index in [4.69, 9.17) is 14.5 Å². The SMILES string of the molecule is Cc1nc(C(=O)N2CCC(Oc3ccc(-c4ccnc(Nc5ccc(N6CCN(C7COC7)CC6)cc5)n4)cc3C#N)CC2)n[nH]1. The van der Waals surface area contributed by atoms with Gasteiger partial charge in [-0.15, -0.1) is 5.10 Å². The van der Waals surface area contributed by atoms with Gasteiger partial charge in [-0.3, -0.25) is 14.8 Å².